The van der Waals surface area contributed by atoms with Gasteiger partial charge in [-0.25, -0.2) is 4.79 Å². The highest BCUT2D eigenvalue weighted by molar-refractivity contribution is 5.86. The van der Waals surface area contributed by atoms with Crippen LogP contribution in [-0.2, 0) is 11.2 Å². The van der Waals surface area contributed by atoms with Gasteiger partial charge in [-0.3, -0.25) is 4.79 Å². The molecule has 3 N–H and O–H groups in total. The third-order valence-corrected chi connectivity index (χ3v) is 4.18. The number of hydrogen-bond acceptors (Lipinski definition) is 2. The van der Waals surface area contributed by atoms with Gasteiger partial charge in [0.1, 0.15) is 0 Å². The number of nitrogens with zero attached hydrogens (tertiary/aromatic N) is 1. The summed E-state index contributed by atoms with van der Waals surface area (Å²) < 4.78 is 0. The Hall–Kier alpha value is -2.50. The van der Waals surface area contributed by atoms with Crippen LogP contribution in [0.15, 0.2) is 24.4 Å². The van der Waals surface area contributed by atoms with Gasteiger partial charge in [0.05, 0.1) is 5.92 Å². The molecule has 0 spiro atoms. The zero-order valence-electron chi connectivity index (χ0n) is 12.4. The van der Waals surface area contributed by atoms with Gasteiger partial charge in [0.15, 0.2) is 0 Å². The van der Waals surface area contributed by atoms with Crippen molar-refractivity contribution in [2.24, 2.45) is 5.92 Å². The Balaban J connectivity index is 1.53. The number of aryl methyl sites for hydroxylation is 1. The number of aromatic nitrogens is 1. The number of aliphatic carboxylic acids is 1. The van der Waals surface area contributed by atoms with E-state index in [1.54, 1.807) is 0 Å². The van der Waals surface area contributed by atoms with Crippen LogP contribution in [0.3, 0.4) is 0 Å². The molecule has 1 aromatic heterocycles. The van der Waals surface area contributed by atoms with Crippen LogP contribution in [0.1, 0.15) is 11.1 Å². The van der Waals surface area contributed by atoms with E-state index in [0.717, 1.165) is 11.9 Å². The van der Waals surface area contributed by atoms with Crippen LogP contribution in [0.5, 0.6) is 0 Å². The fourth-order valence-electron chi connectivity index (χ4n) is 2.86. The van der Waals surface area contributed by atoms with Gasteiger partial charge >= 0.3 is 12.0 Å². The molecule has 2 heterocycles. The van der Waals surface area contributed by atoms with Crippen molar-refractivity contribution in [1.29, 1.82) is 0 Å². The van der Waals surface area contributed by atoms with Crippen molar-refractivity contribution in [3.8, 4) is 0 Å². The summed E-state index contributed by atoms with van der Waals surface area (Å²) in [5.41, 5.74) is 3.50. The minimum Gasteiger partial charge on any atom is -0.481 e. The van der Waals surface area contributed by atoms with Crippen LogP contribution in [0.4, 0.5) is 4.79 Å². The van der Waals surface area contributed by atoms with Crippen LogP contribution in [-0.4, -0.2) is 46.6 Å². The normalized spacial score (nSPS) is 14.9. The maximum Gasteiger partial charge on any atom is 0.317 e. The second-order valence-corrected chi connectivity index (χ2v) is 5.73. The molecule has 0 radical (unpaired) electrons. The summed E-state index contributed by atoms with van der Waals surface area (Å²) in [5, 5.41) is 12.9. The minimum atomic E-state index is -0.835. The van der Waals surface area contributed by atoms with Crippen molar-refractivity contribution in [3.63, 3.8) is 0 Å². The number of carboxylic acids is 1. The molecule has 6 nitrogen and oxygen atoms in total. The Kier molecular flexibility index (Phi) is 3.75. The molecular weight excluding hydrogens is 282 g/mol. The molecule has 0 unspecified atom stereocenters. The molecule has 0 saturated carbocycles. The summed E-state index contributed by atoms with van der Waals surface area (Å²) in [6.45, 7) is 3.21. The molecule has 1 aliphatic rings. The van der Waals surface area contributed by atoms with Gasteiger partial charge < -0.3 is 20.3 Å². The molecule has 1 fully saturated rings. The molecule has 3 rings (SSSR count). The highest BCUT2D eigenvalue weighted by atomic mass is 16.4. The van der Waals surface area contributed by atoms with E-state index in [1.807, 2.05) is 18.3 Å². The second-order valence-electron chi connectivity index (χ2n) is 5.73. The van der Waals surface area contributed by atoms with Crippen molar-refractivity contribution in [3.05, 3.63) is 35.5 Å². The smallest absolute Gasteiger partial charge is 0.317 e. The molecule has 0 atom stereocenters. The van der Waals surface area contributed by atoms with Crippen molar-refractivity contribution in [1.82, 2.24) is 15.2 Å². The Morgan fingerprint density at radius 3 is 2.91 bits per heavy atom. The largest absolute Gasteiger partial charge is 0.481 e. The van der Waals surface area contributed by atoms with E-state index in [9.17, 15) is 9.59 Å². The van der Waals surface area contributed by atoms with Crippen molar-refractivity contribution >= 4 is 22.9 Å². The highest BCUT2D eigenvalue weighted by Gasteiger charge is 2.35. The number of aromatic amines is 1. The van der Waals surface area contributed by atoms with Gasteiger partial charge in [0.2, 0.25) is 0 Å². The van der Waals surface area contributed by atoms with Gasteiger partial charge in [0, 0.05) is 36.7 Å². The maximum atomic E-state index is 11.9. The number of hydrogen-bond donors (Lipinski definition) is 3. The third-order valence-electron chi connectivity index (χ3n) is 4.18. The van der Waals surface area contributed by atoms with Crippen molar-refractivity contribution in [2.75, 3.05) is 19.6 Å². The standard InChI is InChI=1S/C16H19N3O3/c1-10-3-2-4-13-14(10)11(7-18-13)5-6-17-16(22)19-8-12(9-19)15(20)21/h2-4,7,12,18H,5-6,8-9H2,1H3,(H,17,22)(H,20,21). The average Bonchev–Trinajstić information content (AvgIpc) is 2.81. The zero-order chi connectivity index (χ0) is 15.7. The number of carboxylic acid groups (broad SMARTS) is 1. The van der Waals surface area contributed by atoms with Crippen molar-refractivity contribution < 1.29 is 14.7 Å². The van der Waals surface area contributed by atoms with Crippen LogP contribution in [0.2, 0.25) is 0 Å². The zero-order valence-corrected chi connectivity index (χ0v) is 12.4. The quantitative estimate of drug-likeness (QED) is 0.804. The molecule has 2 amide bonds. The summed E-state index contributed by atoms with van der Waals surface area (Å²) in [7, 11) is 0. The minimum absolute atomic E-state index is 0.186. The van der Waals surface area contributed by atoms with Gasteiger partial charge in [-0.2, -0.15) is 0 Å². The number of carbonyl (C=O) groups excluding carboxylic acids is 1. The fourth-order valence-corrected chi connectivity index (χ4v) is 2.86. The summed E-state index contributed by atoms with van der Waals surface area (Å²) in [4.78, 5) is 27.3. The van der Waals surface area contributed by atoms with Crippen LogP contribution < -0.4 is 5.32 Å². The lowest BCUT2D eigenvalue weighted by Gasteiger charge is -2.36. The van der Waals surface area contributed by atoms with E-state index in [-0.39, 0.29) is 6.03 Å². The lowest BCUT2D eigenvalue weighted by atomic mass is 10.0. The van der Waals surface area contributed by atoms with Gasteiger partial charge in [-0.05, 0) is 30.5 Å². The Bertz CT molecular complexity index is 716. The third kappa shape index (κ3) is 2.64. The van der Waals surface area contributed by atoms with Crippen molar-refractivity contribution in [2.45, 2.75) is 13.3 Å². The molecule has 1 aliphatic heterocycles. The monoisotopic (exact) mass is 301 g/mol. The van der Waals surface area contributed by atoms with E-state index in [4.69, 9.17) is 5.11 Å². The van der Waals surface area contributed by atoms with Crippen LogP contribution >= 0.6 is 0 Å². The number of fused-ring (bicyclic) bond motifs is 1. The van der Waals surface area contributed by atoms with E-state index in [1.165, 1.54) is 21.4 Å². The van der Waals surface area contributed by atoms with Gasteiger partial charge in [-0.15, -0.1) is 0 Å². The Morgan fingerprint density at radius 1 is 1.41 bits per heavy atom. The average molecular weight is 301 g/mol. The molecule has 0 bridgehead atoms. The molecule has 116 valence electrons. The summed E-state index contributed by atoms with van der Waals surface area (Å²) in [6, 6.07) is 5.94. The van der Waals surface area contributed by atoms with E-state index >= 15 is 0 Å². The SMILES string of the molecule is Cc1cccc2[nH]cc(CCNC(=O)N3CC(C(=O)O)C3)c12. The first-order valence-corrected chi connectivity index (χ1v) is 7.37. The first kappa shape index (κ1) is 14.4. The summed E-state index contributed by atoms with van der Waals surface area (Å²) >= 11 is 0. The van der Waals surface area contributed by atoms with E-state index < -0.39 is 11.9 Å². The van der Waals surface area contributed by atoms with E-state index in [2.05, 4.69) is 23.3 Å². The lowest BCUT2D eigenvalue weighted by Crippen LogP contribution is -2.56. The lowest BCUT2D eigenvalue weighted by molar-refractivity contribution is -0.146. The number of nitrogens with one attached hydrogen (secondary N) is 2. The first-order valence-electron chi connectivity index (χ1n) is 7.37. The van der Waals surface area contributed by atoms with Gasteiger partial charge in [0.25, 0.3) is 0 Å². The molecule has 0 aliphatic carbocycles. The number of likely N-dealkylation sites (tertiary alicyclic amines) is 1. The fraction of sp³-hybridized carbons (Fsp3) is 0.375. The molecule has 1 saturated heterocycles. The molecule has 2 aromatic rings. The number of benzene rings is 1. The molecule has 6 heteroatoms. The Morgan fingerprint density at radius 2 is 2.18 bits per heavy atom. The van der Waals surface area contributed by atoms with E-state index in [0.29, 0.717) is 19.6 Å². The molecular formula is C16H19N3O3. The predicted octanol–water partition coefficient (Wildman–Crippen LogP) is 1.74. The maximum absolute atomic E-state index is 11.9. The topological polar surface area (TPSA) is 85.4 Å². The summed E-state index contributed by atoms with van der Waals surface area (Å²) in [5.74, 6) is -1.25. The number of urea groups is 1. The van der Waals surface area contributed by atoms with Gasteiger partial charge in [-0.1, -0.05) is 12.1 Å². The second kappa shape index (κ2) is 5.71. The summed E-state index contributed by atoms with van der Waals surface area (Å²) in [6.07, 6.45) is 2.72. The van der Waals surface area contributed by atoms with Crippen LogP contribution in [0, 0.1) is 12.8 Å². The number of H-pyrrole nitrogens is 1. The Labute approximate surface area is 128 Å². The first-order chi connectivity index (χ1) is 10.6. The number of amides is 2. The molecule has 22 heavy (non-hydrogen) atoms. The van der Waals surface area contributed by atoms with Crippen LogP contribution in [0.25, 0.3) is 10.9 Å². The highest BCUT2D eigenvalue weighted by Crippen LogP contribution is 2.22. The molecule has 1 aromatic carbocycles. The predicted molar refractivity (Wildman–Crippen MR) is 82.8 cm³/mol. The number of rotatable bonds is 4. The number of carbonyl (C=O) groups is 2.